The SMILES string of the molecule is NC(Cc1c[nH]c2c1C/C=C\C=CC2)C(=O)O. The average Bonchev–Trinajstić information content (AvgIpc) is 2.59. The number of aromatic nitrogens is 1. The van der Waals surface area contributed by atoms with Crippen LogP contribution in [0, 0.1) is 0 Å². The number of hydrogen-bond donors (Lipinski definition) is 3. The van der Waals surface area contributed by atoms with Gasteiger partial charge in [-0.05, 0) is 17.5 Å². The molecule has 1 aromatic rings. The van der Waals surface area contributed by atoms with E-state index in [1.807, 2.05) is 18.3 Å². The first-order chi connectivity index (χ1) is 8.18. The first-order valence-electron chi connectivity index (χ1n) is 5.66. The second kappa shape index (κ2) is 5.01. The lowest BCUT2D eigenvalue weighted by Gasteiger charge is -2.08. The Balaban J connectivity index is 2.22. The molecule has 1 unspecified atom stereocenters. The number of carboxylic acid groups (broad SMARTS) is 1. The van der Waals surface area contributed by atoms with Gasteiger partial charge in [0.2, 0.25) is 0 Å². The van der Waals surface area contributed by atoms with Gasteiger partial charge in [0.15, 0.2) is 0 Å². The van der Waals surface area contributed by atoms with Gasteiger partial charge in [-0.3, -0.25) is 4.79 Å². The number of carboxylic acids is 1. The maximum Gasteiger partial charge on any atom is 0.320 e. The Morgan fingerprint density at radius 1 is 1.41 bits per heavy atom. The van der Waals surface area contributed by atoms with Crippen LogP contribution >= 0.6 is 0 Å². The van der Waals surface area contributed by atoms with E-state index in [4.69, 9.17) is 10.8 Å². The molecule has 0 fully saturated rings. The first-order valence-corrected chi connectivity index (χ1v) is 5.66. The lowest BCUT2D eigenvalue weighted by molar-refractivity contribution is -0.138. The smallest absolute Gasteiger partial charge is 0.320 e. The highest BCUT2D eigenvalue weighted by molar-refractivity contribution is 5.73. The van der Waals surface area contributed by atoms with Crippen molar-refractivity contribution in [2.75, 3.05) is 0 Å². The predicted octanol–water partition coefficient (Wildman–Crippen LogP) is 1.18. The second-order valence-corrected chi connectivity index (χ2v) is 4.18. The maximum atomic E-state index is 10.8. The molecule has 0 saturated carbocycles. The zero-order chi connectivity index (χ0) is 12.3. The number of aromatic amines is 1. The van der Waals surface area contributed by atoms with Crippen molar-refractivity contribution in [2.45, 2.75) is 25.3 Å². The van der Waals surface area contributed by atoms with E-state index in [0.717, 1.165) is 24.1 Å². The summed E-state index contributed by atoms with van der Waals surface area (Å²) in [5.41, 5.74) is 8.91. The molecule has 1 heterocycles. The van der Waals surface area contributed by atoms with Crippen molar-refractivity contribution in [1.82, 2.24) is 4.98 Å². The molecule has 0 aliphatic heterocycles. The van der Waals surface area contributed by atoms with E-state index in [9.17, 15) is 4.79 Å². The van der Waals surface area contributed by atoms with Gasteiger partial charge in [0.1, 0.15) is 6.04 Å². The summed E-state index contributed by atoms with van der Waals surface area (Å²) in [7, 11) is 0. The van der Waals surface area contributed by atoms with Crippen LogP contribution in [0.25, 0.3) is 0 Å². The number of nitrogens with two attached hydrogens (primary N) is 1. The lowest BCUT2D eigenvalue weighted by atomic mass is 9.99. The van der Waals surface area contributed by atoms with E-state index >= 15 is 0 Å². The fraction of sp³-hybridized carbons (Fsp3) is 0.308. The number of carbonyl (C=O) groups is 1. The molecule has 4 N–H and O–H groups in total. The van der Waals surface area contributed by atoms with E-state index in [1.54, 1.807) is 0 Å². The molecule has 17 heavy (non-hydrogen) atoms. The van der Waals surface area contributed by atoms with Crippen LogP contribution in [-0.4, -0.2) is 22.1 Å². The van der Waals surface area contributed by atoms with Crippen molar-refractivity contribution in [3.8, 4) is 0 Å². The fourth-order valence-corrected chi connectivity index (χ4v) is 2.01. The van der Waals surface area contributed by atoms with Gasteiger partial charge in [-0.25, -0.2) is 0 Å². The molecule has 0 radical (unpaired) electrons. The predicted molar refractivity (Wildman–Crippen MR) is 65.8 cm³/mol. The summed E-state index contributed by atoms with van der Waals surface area (Å²) < 4.78 is 0. The van der Waals surface area contributed by atoms with Crippen LogP contribution in [0.2, 0.25) is 0 Å². The molecular formula is C13H16N2O2. The minimum atomic E-state index is -0.957. The lowest BCUT2D eigenvalue weighted by Crippen LogP contribution is -2.32. The number of fused-ring (bicyclic) bond motifs is 1. The van der Waals surface area contributed by atoms with Crippen LogP contribution in [0.15, 0.2) is 30.5 Å². The molecular weight excluding hydrogens is 216 g/mol. The van der Waals surface area contributed by atoms with Crippen molar-refractivity contribution in [3.63, 3.8) is 0 Å². The summed E-state index contributed by atoms with van der Waals surface area (Å²) in [6.07, 6.45) is 12.1. The minimum absolute atomic E-state index is 0.374. The first kappa shape index (κ1) is 11.7. The van der Waals surface area contributed by atoms with Gasteiger partial charge in [-0.2, -0.15) is 0 Å². The summed E-state index contributed by atoms with van der Waals surface area (Å²) >= 11 is 0. The summed E-state index contributed by atoms with van der Waals surface area (Å²) in [5, 5.41) is 8.83. The van der Waals surface area contributed by atoms with Crippen LogP contribution in [0.3, 0.4) is 0 Å². The highest BCUT2D eigenvalue weighted by Gasteiger charge is 2.17. The molecule has 1 aromatic heterocycles. The second-order valence-electron chi connectivity index (χ2n) is 4.18. The Labute approximate surface area is 99.8 Å². The van der Waals surface area contributed by atoms with E-state index in [-0.39, 0.29) is 0 Å². The van der Waals surface area contributed by atoms with E-state index in [2.05, 4.69) is 17.1 Å². The highest BCUT2D eigenvalue weighted by Crippen LogP contribution is 2.19. The van der Waals surface area contributed by atoms with E-state index in [0.29, 0.717) is 6.42 Å². The molecule has 0 bridgehead atoms. The van der Waals surface area contributed by atoms with Crippen molar-refractivity contribution in [1.29, 1.82) is 0 Å². The molecule has 0 amide bonds. The highest BCUT2D eigenvalue weighted by atomic mass is 16.4. The molecule has 90 valence electrons. The average molecular weight is 232 g/mol. The van der Waals surface area contributed by atoms with Gasteiger partial charge in [-0.15, -0.1) is 0 Å². The third kappa shape index (κ3) is 2.65. The van der Waals surface area contributed by atoms with Crippen molar-refractivity contribution in [2.24, 2.45) is 5.73 Å². The summed E-state index contributed by atoms with van der Waals surface area (Å²) in [6, 6.07) is -0.833. The number of rotatable bonds is 3. The standard InChI is InChI=1S/C13H16N2O2/c14-11(13(16)17)7-9-8-15-12-6-4-2-1-3-5-10(9)12/h1-4,8,11,15H,5-7,14H2,(H,16,17)/b3-1-,4-2?. The normalized spacial score (nSPS) is 17.9. The quantitative estimate of drug-likeness (QED) is 0.732. The van der Waals surface area contributed by atoms with Crippen molar-refractivity contribution >= 4 is 5.97 Å². The molecule has 0 aromatic carbocycles. The Hall–Kier alpha value is -1.81. The minimum Gasteiger partial charge on any atom is -0.480 e. The summed E-state index contributed by atoms with van der Waals surface area (Å²) in [4.78, 5) is 14.0. The molecule has 1 aliphatic carbocycles. The van der Waals surface area contributed by atoms with Gasteiger partial charge in [0.25, 0.3) is 0 Å². The number of hydrogen-bond acceptors (Lipinski definition) is 2. The van der Waals surface area contributed by atoms with Gasteiger partial charge < -0.3 is 15.8 Å². The number of H-pyrrole nitrogens is 1. The van der Waals surface area contributed by atoms with Gasteiger partial charge in [0.05, 0.1) is 0 Å². The van der Waals surface area contributed by atoms with Crippen molar-refractivity contribution in [3.05, 3.63) is 47.3 Å². The van der Waals surface area contributed by atoms with Crippen LogP contribution in [0.1, 0.15) is 16.8 Å². The third-order valence-electron chi connectivity index (χ3n) is 2.96. The largest absolute Gasteiger partial charge is 0.480 e. The number of allylic oxidation sites excluding steroid dienone is 4. The Bertz CT molecular complexity index is 472. The Kier molecular flexibility index (Phi) is 3.44. The van der Waals surface area contributed by atoms with Crippen LogP contribution in [0.5, 0.6) is 0 Å². The zero-order valence-corrected chi connectivity index (χ0v) is 9.52. The summed E-state index contributed by atoms with van der Waals surface area (Å²) in [5.74, 6) is -0.957. The molecule has 0 saturated heterocycles. The topological polar surface area (TPSA) is 79.1 Å². The Morgan fingerprint density at radius 3 is 2.82 bits per heavy atom. The van der Waals surface area contributed by atoms with Gasteiger partial charge in [-0.1, -0.05) is 24.3 Å². The molecule has 2 rings (SSSR count). The monoisotopic (exact) mass is 232 g/mol. The fourth-order valence-electron chi connectivity index (χ4n) is 2.01. The Morgan fingerprint density at radius 2 is 2.12 bits per heavy atom. The molecule has 1 aliphatic rings. The van der Waals surface area contributed by atoms with Gasteiger partial charge >= 0.3 is 5.97 Å². The summed E-state index contributed by atoms with van der Waals surface area (Å²) in [6.45, 7) is 0. The maximum absolute atomic E-state index is 10.8. The van der Waals surface area contributed by atoms with Crippen molar-refractivity contribution < 1.29 is 9.90 Å². The molecule has 4 nitrogen and oxygen atoms in total. The van der Waals surface area contributed by atoms with Crippen LogP contribution in [0.4, 0.5) is 0 Å². The third-order valence-corrected chi connectivity index (χ3v) is 2.96. The molecule has 1 atom stereocenters. The zero-order valence-electron chi connectivity index (χ0n) is 9.52. The molecule has 0 spiro atoms. The number of aliphatic carboxylic acids is 1. The van der Waals surface area contributed by atoms with Crippen LogP contribution < -0.4 is 5.73 Å². The van der Waals surface area contributed by atoms with E-state index < -0.39 is 12.0 Å². The van der Waals surface area contributed by atoms with Gasteiger partial charge in [0, 0.05) is 24.7 Å². The molecule has 4 heteroatoms. The van der Waals surface area contributed by atoms with Crippen LogP contribution in [-0.2, 0) is 24.1 Å². The number of nitrogens with one attached hydrogen (secondary N) is 1. The van der Waals surface area contributed by atoms with E-state index in [1.165, 1.54) is 5.56 Å².